The molecule has 1 heterocycles. The van der Waals surface area contributed by atoms with Gasteiger partial charge in [-0.25, -0.2) is 0 Å². The third kappa shape index (κ3) is 4.69. The molecule has 2 saturated carbocycles. The van der Waals surface area contributed by atoms with Gasteiger partial charge in [0.2, 0.25) is 5.91 Å². The lowest BCUT2D eigenvalue weighted by Crippen LogP contribution is -2.36. The quantitative estimate of drug-likeness (QED) is 0.736. The van der Waals surface area contributed by atoms with E-state index in [1.807, 2.05) is 0 Å². The fourth-order valence-corrected chi connectivity index (χ4v) is 4.34. The predicted molar refractivity (Wildman–Crippen MR) is 88.0 cm³/mol. The minimum Gasteiger partial charge on any atom is -0.481 e. The second kappa shape index (κ2) is 7.65. The van der Waals surface area contributed by atoms with E-state index in [9.17, 15) is 14.7 Å². The molecule has 0 aromatic carbocycles. The molecule has 0 radical (unpaired) electrons. The highest BCUT2D eigenvalue weighted by atomic mass is 16.4. The smallest absolute Gasteiger partial charge is 0.308 e. The third-order valence-electron chi connectivity index (χ3n) is 5.86. The number of amides is 1. The van der Waals surface area contributed by atoms with Crippen LogP contribution in [0.2, 0.25) is 0 Å². The van der Waals surface area contributed by atoms with Crippen molar-refractivity contribution < 1.29 is 14.7 Å². The Labute approximate surface area is 138 Å². The number of rotatable bonds is 6. The van der Waals surface area contributed by atoms with Crippen molar-refractivity contribution in [1.29, 1.82) is 0 Å². The normalized spacial score (nSPS) is 30.1. The predicted octanol–water partition coefficient (Wildman–Crippen LogP) is 2.26. The van der Waals surface area contributed by atoms with E-state index >= 15 is 0 Å². The molecule has 130 valence electrons. The Hall–Kier alpha value is -1.10. The van der Waals surface area contributed by atoms with E-state index in [0.717, 1.165) is 19.4 Å². The number of hydrogen-bond donors (Lipinski definition) is 2. The molecule has 2 atom stereocenters. The third-order valence-corrected chi connectivity index (χ3v) is 5.86. The van der Waals surface area contributed by atoms with Crippen LogP contribution in [0.3, 0.4) is 0 Å². The molecule has 0 aromatic rings. The van der Waals surface area contributed by atoms with Crippen molar-refractivity contribution in [1.82, 2.24) is 10.2 Å². The topological polar surface area (TPSA) is 69.6 Å². The minimum absolute atomic E-state index is 0.138. The van der Waals surface area contributed by atoms with Crippen LogP contribution in [0, 0.1) is 17.8 Å². The summed E-state index contributed by atoms with van der Waals surface area (Å²) in [7, 11) is 0. The van der Waals surface area contributed by atoms with Crippen LogP contribution in [0.15, 0.2) is 0 Å². The van der Waals surface area contributed by atoms with E-state index in [1.165, 1.54) is 38.5 Å². The van der Waals surface area contributed by atoms with Crippen molar-refractivity contribution in [3.05, 3.63) is 0 Å². The number of aliphatic carboxylic acids is 1. The van der Waals surface area contributed by atoms with Gasteiger partial charge in [0.05, 0.1) is 5.92 Å². The molecule has 5 heteroatoms. The van der Waals surface area contributed by atoms with Crippen molar-refractivity contribution in [3.8, 4) is 0 Å². The van der Waals surface area contributed by atoms with Gasteiger partial charge in [0.25, 0.3) is 0 Å². The Morgan fingerprint density at radius 2 is 1.70 bits per heavy atom. The van der Waals surface area contributed by atoms with Crippen molar-refractivity contribution in [2.45, 2.75) is 63.8 Å². The average Bonchev–Trinajstić information content (AvgIpc) is 3.31. The zero-order valence-corrected chi connectivity index (χ0v) is 14.0. The molecule has 23 heavy (non-hydrogen) atoms. The first-order valence-electron chi connectivity index (χ1n) is 9.38. The van der Waals surface area contributed by atoms with Gasteiger partial charge in [0.1, 0.15) is 0 Å². The summed E-state index contributed by atoms with van der Waals surface area (Å²) in [4.78, 5) is 25.8. The van der Waals surface area contributed by atoms with E-state index in [1.54, 1.807) is 0 Å². The molecule has 0 unspecified atom stereocenters. The fourth-order valence-electron chi connectivity index (χ4n) is 4.34. The van der Waals surface area contributed by atoms with E-state index in [4.69, 9.17) is 0 Å². The summed E-state index contributed by atoms with van der Waals surface area (Å²) in [6, 6.07) is 0.356. The second-order valence-corrected chi connectivity index (χ2v) is 7.71. The summed E-state index contributed by atoms with van der Waals surface area (Å²) in [6.07, 6.45) is 10.1. The summed E-state index contributed by atoms with van der Waals surface area (Å²) >= 11 is 0. The largest absolute Gasteiger partial charge is 0.481 e. The molecule has 1 aliphatic heterocycles. The van der Waals surface area contributed by atoms with Gasteiger partial charge in [0, 0.05) is 32.1 Å². The monoisotopic (exact) mass is 322 g/mol. The number of hydrogen-bond acceptors (Lipinski definition) is 3. The molecule has 0 aromatic heterocycles. The highest BCUT2D eigenvalue weighted by molar-refractivity contribution is 5.76. The number of nitrogens with zero attached hydrogens (tertiary/aromatic N) is 1. The van der Waals surface area contributed by atoms with Crippen LogP contribution in [0.1, 0.15) is 57.8 Å². The van der Waals surface area contributed by atoms with E-state index in [2.05, 4.69) is 10.2 Å². The first-order valence-corrected chi connectivity index (χ1v) is 9.38. The summed E-state index contributed by atoms with van der Waals surface area (Å²) in [5.74, 6) is 0.164. The zero-order chi connectivity index (χ0) is 16.2. The second-order valence-electron chi connectivity index (χ2n) is 7.71. The maximum absolute atomic E-state index is 12.2. The van der Waals surface area contributed by atoms with Gasteiger partial charge in [-0.2, -0.15) is 0 Å². The SMILES string of the molecule is O=C(CCN1C[C@@H](C(=O)O)[C@H](C2CC2)C1)NC1CCCCCC1. The van der Waals surface area contributed by atoms with Gasteiger partial charge < -0.3 is 15.3 Å². The lowest BCUT2D eigenvalue weighted by atomic mass is 9.92. The van der Waals surface area contributed by atoms with Gasteiger partial charge in [-0.15, -0.1) is 0 Å². The van der Waals surface area contributed by atoms with Crippen molar-refractivity contribution >= 4 is 11.9 Å². The van der Waals surface area contributed by atoms with Crippen LogP contribution in [0.25, 0.3) is 0 Å². The number of carbonyl (C=O) groups is 2. The lowest BCUT2D eigenvalue weighted by molar-refractivity contribution is -0.142. The molecule has 0 spiro atoms. The molecular weight excluding hydrogens is 292 g/mol. The Morgan fingerprint density at radius 3 is 2.30 bits per heavy atom. The van der Waals surface area contributed by atoms with E-state index in [0.29, 0.717) is 37.4 Å². The van der Waals surface area contributed by atoms with Crippen LogP contribution in [-0.2, 0) is 9.59 Å². The Bertz CT molecular complexity index is 428. The van der Waals surface area contributed by atoms with Crippen LogP contribution in [-0.4, -0.2) is 47.6 Å². The number of carboxylic acid groups (broad SMARTS) is 1. The maximum atomic E-state index is 12.2. The summed E-state index contributed by atoms with van der Waals surface area (Å²) in [5, 5.41) is 12.6. The van der Waals surface area contributed by atoms with Crippen LogP contribution in [0.4, 0.5) is 0 Å². The van der Waals surface area contributed by atoms with Gasteiger partial charge >= 0.3 is 5.97 Å². The first kappa shape index (κ1) is 16.7. The molecule has 0 bridgehead atoms. The number of carboxylic acids is 1. The van der Waals surface area contributed by atoms with Gasteiger partial charge in [-0.1, -0.05) is 25.7 Å². The van der Waals surface area contributed by atoms with Crippen LogP contribution >= 0.6 is 0 Å². The van der Waals surface area contributed by atoms with E-state index < -0.39 is 5.97 Å². The van der Waals surface area contributed by atoms with E-state index in [-0.39, 0.29) is 11.8 Å². The zero-order valence-electron chi connectivity index (χ0n) is 14.0. The molecule has 1 amide bonds. The molecular formula is C18H30N2O3. The maximum Gasteiger partial charge on any atom is 0.308 e. The average molecular weight is 322 g/mol. The van der Waals surface area contributed by atoms with Crippen molar-refractivity contribution in [3.63, 3.8) is 0 Å². The Kier molecular flexibility index (Phi) is 5.57. The molecule has 3 rings (SSSR count). The molecule has 5 nitrogen and oxygen atoms in total. The molecule has 2 N–H and O–H groups in total. The summed E-state index contributed by atoms with van der Waals surface area (Å²) < 4.78 is 0. The highest BCUT2D eigenvalue weighted by Crippen LogP contribution is 2.44. The molecule has 3 fully saturated rings. The minimum atomic E-state index is -0.660. The molecule has 3 aliphatic rings. The first-order chi connectivity index (χ1) is 11.1. The molecule has 1 saturated heterocycles. The standard InChI is InChI=1S/C18H30N2O3/c21-17(19-14-5-3-1-2-4-6-14)9-10-20-11-15(13-7-8-13)16(12-20)18(22)23/h13-16H,1-12H2,(H,19,21)(H,22,23)/t15-,16+/m0/s1. The van der Waals surface area contributed by atoms with Crippen LogP contribution < -0.4 is 5.32 Å². The fraction of sp³-hybridized carbons (Fsp3) is 0.889. The Balaban J connectivity index is 1.41. The number of likely N-dealkylation sites (tertiary alicyclic amines) is 1. The van der Waals surface area contributed by atoms with Gasteiger partial charge in [-0.05, 0) is 37.5 Å². The summed E-state index contributed by atoms with van der Waals surface area (Å²) in [6.45, 7) is 2.18. The summed E-state index contributed by atoms with van der Waals surface area (Å²) in [5.41, 5.74) is 0. The molecule has 2 aliphatic carbocycles. The van der Waals surface area contributed by atoms with Gasteiger partial charge in [0.15, 0.2) is 0 Å². The number of nitrogens with one attached hydrogen (secondary N) is 1. The number of carbonyl (C=O) groups excluding carboxylic acids is 1. The van der Waals surface area contributed by atoms with Gasteiger partial charge in [-0.3, -0.25) is 9.59 Å². The Morgan fingerprint density at radius 1 is 1.00 bits per heavy atom. The van der Waals surface area contributed by atoms with Crippen molar-refractivity contribution in [2.24, 2.45) is 17.8 Å². The highest BCUT2D eigenvalue weighted by Gasteiger charge is 2.45. The van der Waals surface area contributed by atoms with Crippen molar-refractivity contribution in [2.75, 3.05) is 19.6 Å². The lowest BCUT2D eigenvalue weighted by Gasteiger charge is -2.19. The van der Waals surface area contributed by atoms with Crippen LogP contribution in [0.5, 0.6) is 0 Å².